The van der Waals surface area contributed by atoms with Crippen LogP contribution in [-0.2, 0) is 0 Å². The first-order valence-electron chi connectivity index (χ1n) is 4.67. The second-order valence-corrected chi connectivity index (χ2v) is 4.39. The van der Waals surface area contributed by atoms with E-state index < -0.39 is 6.03 Å². The molecule has 5 heteroatoms. The lowest BCUT2D eigenvalue weighted by molar-refractivity contribution is 0.246. The SMILES string of the molecule is C=C(C)NC(=O)n1sc2ccccc2c1=O. The molecule has 2 rings (SSSR count). The molecule has 1 amide bonds. The number of amides is 1. The van der Waals surface area contributed by atoms with E-state index in [1.54, 1.807) is 19.1 Å². The van der Waals surface area contributed by atoms with Gasteiger partial charge in [0.25, 0.3) is 5.56 Å². The summed E-state index contributed by atoms with van der Waals surface area (Å²) in [5.74, 6) is 0. The summed E-state index contributed by atoms with van der Waals surface area (Å²) in [7, 11) is 0. The average molecular weight is 234 g/mol. The largest absolute Gasteiger partial charge is 0.342 e. The van der Waals surface area contributed by atoms with Gasteiger partial charge in [0.05, 0.1) is 10.1 Å². The molecule has 0 aliphatic carbocycles. The van der Waals surface area contributed by atoms with Gasteiger partial charge in [0, 0.05) is 5.70 Å². The van der Waals surface area contributed by atoms with Crippen LogP contribution in [0, 0.1) is 0 Å². The minimum Gasteiger partial charge on any atom is -0.311 e. The molecule has 1 heterocycles. The molecule has 0 atom stereocenters. The first-order chi connectivity index (χ1) is 7.59. The van der Waals surface area contributed by atoms with E-state index in [0.717, 1.165) is 20.2 Å². The highest BCUT2D eigenvalue weighted by molar-refractivity contribution is 7.14. The van der Waals surface area contributed by atoms with Gasteiger partial charge in [0.1, 0.15) is 0 Å². The highest BCUT2D eigenvalue weighted by Gasteiger charge is 2.12. The van der Waals surface area contributed by atoms with Gasteiger partial charge in [-0.3, -0.25) is 4.79 Å². The Kier molecular flexibility index (Phi) is 2.62. The van der Waals surface area contributed by atoms with Crippen molar-refractivity contribution in [2.24, 2.45) is 0 Å². The maximum Gasteiger partial charge on any atom is 0.342 e. The second kappa shape index (κ2) is 3.94. The molecule has 1 N–H and O–H groups in total. The zero-order valence-electron chi connectivity index (χ0n) is 8.69. The Labute approximate surface area is 96.0 Å². The molecule has 0 spiro atoms. The van der Waals surface area contributed by atoms with Gasteiger partial charge < -0.3 is 5.32 Å². The van der Waals surface area contributed by atoms with E-state index in [1.807, 2.05) is 12.1 Å². The number of nitrogens with one attached hydrogen (secondary N) is 1. The van der Waals surface area contributed by atoms with Gasteiger partial charge in [-0.15, -0.1) is 0 Å². The molecule has 0 fully saturated rings. The molecule has 0 unspecified atom stereocenters. The minimum atomic E-state index is -0.460. The van der Waals surface area contributed by atoms with Crippen LogP contribution in [0.3, 0.4) is 0 Å². The molecule has 0 radical (unpaired) electrons. The summed E-state index contributed by atoms with van der Waals surface area (Å²) >= 11 is 1.12. The van der Waals surface area contributed by atoms with Crippen molar-refractivity contribution < 1.29 is 4.79 Å². The van der Waals surface area contributed by atoms with Crippen LogP contribution in [0.5, 0.6) is 0 Å². The lowest BCUT2D eigenvalue weighted by atomic mass is 10.3. The Morgan fingerprint density at radius 1 is 1.44 bits per heavy atom. The summed E-state index contributed by atoms with van der Waals surface area (Å²) in [5.41, 5.74) is 0.216. The molecule has 16 heavy (non-hydrogen) atoms. The fourth-order valence-electron chi connectivity index (χ4n) is 1.34. The third kappa shape index (κ3) is 1.77. The van der Waals surface area contributed by atoms with Crippen molar-refractivity contribution in [3.63, 3.8) is 0 Å². The first kappa shape index (κ1) is 10.6. The highest BCUT2D eigenvalue weighted by Crippen LogP contribution is 2.15. The van der Waals surface area contributed by atoms with Crippen molar-refractivity contribution >= 4 is 27.6 Å². The zero-order chi connectivity index (χ0) is 11.7. The predicted molar refractivity (Wildman–Crippen MR) is 64.8 cm³/mol. The Hall–Kier alpha value is -1.88. The number of rotatable bonds is 1. The van der Waals surface area contributed by atoms with Crippen molar-refractivity contribution in [2.75, 3.05) is 0 Å². The van der Waals surface area contributed by atoms with Crippen LogP contribution in [0.1, 0.15) is 6.92 Å². The molecule has 0 aliphatic rings. The third-order valence-corrected chi connectivity index (χ3v) is 3.06. The van der Waals surface area contributed by atoms with E-state index >= 15 is 0 Å². The fraction of sp³-hybridized carbons (Fsp3) is 0.0909. The van der Waals surface area contributed by atoms with Crippen molar-refractivity contribution in [3.05, 3.63) is 46.9 Å². The summed E-state index contributed by atoms with van der Waals surface area (Å²) in [4.78, 5) is 23.5. The molecular formula is C11H10N2O2S. The molecule has 0 bridgehead atoms. The summed E-state index contributed by atoms with van der Waals surface area (Å²) in [5, 5.41) is 3.06. The smallest absolute Gasteiger partial charge is 0.311 e. The lowest BCUT2D eigenvalue weighted by Crippen LogP contribution is -2.31. The topological polar surface area (TPSA) is 51.1 Å². The summed E-state index contributed by atoms with van der Waals surface area (Å²) in [6, 6.07) is 6.67. The van der Waals surface area contributed by atoms with Crippen LogP contribution in [0.2, 0.25) is 0 Å². The van der Waals surface area contributed by atoms with Gasteiger partial charge in [-0.05, 0) is 30.6 Å². The van der Waals surface area contributed by atoms with Crippen LogP contribution in [0.15, 0.2) is 41.3 Å². The van der Waals surface area contributed by atoms with Gasteiger partial charge in [0.2, 0.25) is 0 Å². The molecule has 0 saturated heterocycles. The van der Waals surface area contributed by atoms with Crippen LogP contribution >= 0.6 is 11.5 Å². The number of carbonyl (C=O) groups excluding carboxylic acids is 1. The van der Waals surface area contributed by atoms with E-state index in [1.165, 1.54) is 0 Å². The summed E-state index contributed by atoms with van der Waals surface area (Å²) in [6.45, 7) is 5.22. The zero-order valence-corrected chi connectivity index (χ0v) is 9.50. The van der Waals surface area contributed by atoms with Gasteiger partial charge in [-0.2, -0.15) is 3.96 Å². The molecular weight excluding hydrogens is 224 g/mol. The number of nitrogens with zero attached hydrogens (tertiary/aromatic N) is 1. The van der Waals surface area contributed by atoms with E-state index in [9.17, 15) is 9.59 Å². The number of allylic oxidation sites excluding steroid dienone is 1. The molecule has 1 aromatic heterocycles. The Morgan fingerprint density at radius 3 is 2.75 bits per heavy atom. The fourth-order valence-corrected chi connectivity index (χ4v) is 2.24. The van der Waals surface area contributed by atoms with E-state index in [-0.39, 0.29) is 5.56 Å². The molecule has 1 aromatic carbocycles. The van der Waals surface area contributed by atoms with Gasteiger partial charge in [-0.1, -0.05) is 18.7 Å². The molecule has 0 aliphatic heterocycles. The average Bonchev–Trinajstić information content (AvgIpc) is 2.56. The normalized spacial score (nSPS) is 10.3. The van der Waals surface area contributed by atoms with Gasteiger partial charge >= 0.3 is 6.03 Å². The van der Waals surface area contributed by atoms with Crippen molar-refractivity contribution in [1.29, 1.82) is 0 Å². The van der Waals surface area contributed by atoms with Crippen LogP contribution in [0.4, 0.5) is 4.79 Å². The van der Waals surface area contributed by atoms with Gasteiger partial charge in [0.15, 0.2) is 0 Å². The van der Waals surface area contributed by atoms with E-state index in [0.29, 0.717) is 11.1 Å². The maximum atomic E-state index is 11.8. The summed E-state index contributed by atoms with van der Waals surface area (Å²) in [6.07, 6.45) is 0. The number of hydrogen-bond acceptors (Lipinski definition) is 3. The monoisotopic (exact) mass is 234 g/mol. The van der Waals surface area contributed by atoms with Crippen molar-refractivity contribution in [2.45, 2.75) is 6.92 Å². The number of hydrogen-bond donors (Lipinski definition) is 1. The Bertz CT molecular complexity index is 624. The Morgan fingerprint density at radius 2 is 2.12 bits per heavy atom. The summed E-state index contributed by atoms with van der Waals surface area (Å²) < 4.78 is 1.89. The van der Waals surface area contributed by atoms with Crippen molar-refractivity contribution in [3.8, 4) is 0 Å². The predicted octanol–water partition coefficient (Wildman–Crippen LogP) is 2.15. The number of fused-ring (bicyclic) bond motifs is 1. The standard InChI is InChI=1S/C11H10N2O2S/c1-7(2)12-11(15)13-10(14)8-5-3-4-6-9(8)16-13/h3-6H,1H2,2H3,(H,12,15). The number of benzene rings is 1. The van der Waals surface area contributed by atoms with Crippen LogP contribution in [0.25, 0.3) is 10.1 Å². The molecule has 0 saturated carbocycles. The minimum absolute atomic E-state index is 0.292. The lowest BCUT2D eigenvalue weighted by Gasteiger charge is -2.01. The quantitative estimate of drug-likeness (QED) is 0.822. The first-order valence-corrected chi connectivity index (χ1v) is 5.45. The highest BCUT2D eigenvalue weighted by atomic mass is 32.1. The van der Waals surface area contributed by atoms with E-state index in [4.69, 9.17) is 0 Å². The maximum absolute atomic E-state index is 11.8. The van der Waals surface area contributed by atoms with Crippen LogP contribution < -0.4 is 10.9 Å². The van der Waals surface area contributed by atoms with Crippen LogP contribution in [-0.4, -0.2) is 9.99 Å². The number of carbonyl (C=O) groups is 1. The Balaban J connectivity index is 2.54. The molecule has 4 nitrogen and oxygen atoms in total. The molecule has 2 aromatic rings. The number of aromatic nitrogens is 1. The third-order valence-electron chi connectivity index (χ3n) is 2.00. The molecule has 82 valence electrons. The van der Waals surface area contributed by atoms with Gasteiger partial charge in [-0.25, -0.2) is 4.79 Å². The second-order valence-electron chi connectivity index (χ2n) is 3.40. The van der Waals surface area contributed by atoms with E-state index in [2.05, 4.69) is 11.9 Å². The van der Waals surface area contributed by atoms with Crippen molar-refractivity contribution in [1.82, 2.24) is 9.27 Å².